The molecule has 0 nitrogen and oxygen atoms in total. The molecule has 86 valence electrons. The first-order valence-electron chi connectivity index (χ1n) is 6.18. The molecule has 0 saturated carbocycles. The van der Waals surface area contributed by atoms with Crippen LogP contribution in [0.3, 0.4) is 0 Å². The van der Waals surface area contributed by atoms with Crippen LogP contribution in [0, 0.1) is 16.7 Å². The summed E-state index contributed by atoms with van der Waals surface area (Å²) in [5, 5.41) is 0. The Labute approximate surface area is 91.5 Å². The standard InChI is InChI=1S/C14H30/c1-8-13(4,5)9-10-14(6,7)11-12(2)3/h12H,8-11H2,1-7H3. The molecule has 0 aromatic heterocycles. The van der Waals surface area contributed by atoms with Crippen LogP contribution in [0.5, 0.6) is 0 Å². The van der Waals surface area contributed by atoms with Crippen LogP contribution in [0.4, 0.5) is 0 Å². The van der Waals surface area contributed by atoms with E-state index in [2.05, 4.69) is 48.5 Å². The smallest absolute Gasteiger partial charge is 0.0352 e. The van der Waals surface area contributed by atoms with Gasteiger partial charge in [0.15, 0.2) is 0 Å². The van der Waals surface area contributed by atoms with E-state index < -0.39 is 0 Å². The van der Waals surface area contributed by atoms with Crippen molar-refractivity contribution in [3.8, 4) is 0 Å². The second kappa shape index (κ2) is 5.19. The van der Waals surface area contributed by atoms with Gasteiger partial charge in [-0.1, -0.05) is 54.9 Å². The van der Waals surface area contributed by atoms with Crippen LogP contribution in [0.2, 0.25) is 0 Å². The summed E-state index contributed by atoms with van der Waals surface area (Å²) in [5.41, 5.74) is 1.06. The third-order valence-electron chi connectivity index (χ3n) is 3.40. The predicted octanol–water partition coefficient (Wildman–Crippen LogP) is 5.28. The van der Waals surface area contributed by atoms with Crippen molar-refractivity contribution in [3.63, 3.8) is 0 Å². The molecule has 0 amide bonds. The van der Waals surface area contributed by atoms with Crippen LogP contribution in [0.25, 0.3) is 0 Å². The van der Waals surface area contributed by atoms with Gasteiger partial charge in [0.05, 0.1) is 0 Å². The summed E-state index contributed by atoms with van der Waals surface area (Å²) >= 11 is 0. The van der Waals surface area contributed by atoms with E-state index in [0.717, 1.165) is 5.92 Å². The van der Waals surface area contributed by atoms with Gasteiger partial charge in [0.1, 0.15) is 0 Å². The molecule has 0 aliphatic carbocycles. The third kappa shape index (κ3) is 6.45. The van der Waals surface area contributed by atoms with Crippen molar-refractivity contribution in [2.45, 2.75) is 74.1 Å². The van der Waals surface area contributed by atoms with Gasteiger partial charge in [0.2, 0.25) is 0 Å². The average Bonchev–Trinajstić information content (AvgIpc) is 1.99. The summed E-state index contributed by atoms with van der Waals surface area (Å²) in [6, 6.07) is 0. The molecule has 0 fully saturated rings. The highest BCUT2D eigenvalue weighted by Crippen LogP contribution is 2.36. The molecule has 0 heteroatoms. The van der Waals surface area contributed by atoms with Gasteiger partial charge >= 0.3 is 0 Å². The van der Waals surface area contributed by atoms with E-state index in [1.165, 1.54) is 25.7 Å². The zero-order chi connectivity index (χ0) is 11.4. The largest absolute Gasteiger partial charge is 0.0649 e. The van der Waals surface area contributed by atoms with Gasteiger partial charge in [-0.2, -0.15) is 0 Å². The van der Waals surface area contributed by atoms with Crippen molar-refractivity contribution in [1.29, 1.82) is 0 Å². The van der Waals surface area contributed by atoms with Crippen molar-refractivity contribution in [1.82, 2.24) is 0 Å². The Hall–Kier alpha value is 0. The van der Waals surface area contributed by atoms with E-state index >= 15 is 0 Å². The lowest BCUT2D eigenvalue weighted by Crippen LogP contribution is -2.19. The summed E-state index contributed by atoms with van der Waals surface area (Å²) in [7, 11) is 0. The van der Waals surface area contributed by atoms with Crippen molar-refractivity contribution in [2.24, 2.45) is 16.7 Å². The molecule has 0 spiro atoms. The van der Waals surface area contributed by atoms with Crippen LogP contribution in [-0.4, -0.2) is 0 Å². The Morgan fingerprint density at radius 2 is 1.29 bits per heavy atom. The van der Waals surface area contributed by atoms with E-state index in [4.69, 9.17) is 0 Å². The van der Waals surface area contributed by atoms with E-state index in [1.54, 1.807) is 0 Å². The quantitative estimate of drug-likeness (QED) is 0.545. The number of hydrogen-bond acceptors (Lipinski definition) is 0. The Bertz CT molecular complexity index is 151. The minimum Gasteiger partial charge on any atom is -0.0649 e. The van der Waals surface area contributed by atoms with E-state index in [1.807, 2.05) is 0 Å². The molecule has 0 saturated heterocycles. The van der Waals surface area contributed by atoms with Gasteiger partial charge in [0.25, 0.3) is 0 Å². The fraction of sp³-hybridized carbons (Fsp3) is 1.00. The van der Waals surface area contributed by atoms with E-state index in [0.29, 0.717) is 10.8 Å². The molecular formula is C14H30. The Balaban J connectivity index is 3.98. The van der Waals surface area contributed by atoms with Crippen molar-refractivity contribution < 1.29 is 0 Å². The Kier molecular flexibility index (Phi) is 5.19. The first kappa shape index (κ1) is 14.0. The third-order valence-corrected chi connectivity index (χ3v) is 3.40. The maximum absolute atomic E-state index is 2.42. The molecule has 0 unspecified atom stereocenters. The molecule has 0 atom stereocenters. The molecule has 0 aliphatic heterocycles. The molecule has 0 aliphatic rings. The zero-order valence-electron chi connectivity index (χ0n) is 11.4. The minimum atomic E-state index is 0.528. The molecule has 0 radical (unpaired) electrons. The van der Waals surface area contributed by atoms with Crippen molar-refractivity contribution in [3.05, 3.63) is 0 Å². The molecule has 14 heavy (non-hydrogen) atoms. The summed E-state index contributed by atoms with van der Waals surface area (Å²) in [6.07, 6.45) is 5.38. The molecule has 0 aromatic rings. The van der Waals surface area contributed by atoms with Gasteiger partial charge < -0.3 is 0 Å². The number of hydrogen-bond donors (Lipinski definition) is 0. The first-order valence-corrected chi connectivity index (χ1v) is 6.18. The fourth-order valence-electron chi connectivity index (χ4n) is 2.06. The predicted molar refractivity (Wildman–Crippen MR) is 66.5 cm³/mol. The number of rotatable bonds is 6. The molecule has 0 rings (SSSR count). The van der Waals surface area contributed by atoms with Crippen LogP contribution < -0.4 is 0 Å². The summed E-state index contributed by atoms with van der Waals surface area (Å²) in [5.74, 6) is 0.828. The van der Waals surface area contributed by atoms with Gasteiger partial charge in [-0.05, 0) is 36.0 Å². The maximum atomic E-state index is 2.42. The molecular weight excluding hydrogens is 168 g/mol. The SMILES string of the molecule is CCC(C)(C)CCC(C)(C)CC(C)C. The molecule has 0 aromatic carbocycles. The molecule has 0 bridgehead atoms. The van der Waals surface area contributed by atoms with Crippen LogP contribution in [0.1, 0.15) is 74.1 Å². The zero-order valence-corrected chi connectivity index (χ0v) is 11.4. The first-order chi connectivity index (χ1) is 6.18. The van der Waals surface area contributed by atoms with Crippen molar-refractivity contribution >= 4 is 0 Å². The lowest BCUT2D eigenvalue weighted by atomic mass is 9.74. The normalized spacial score (nSPS) is 13.7. The highest BCUT2D eigenvalue weighted by Gasteiger charge is 2.23. The lowest BCUT2D eigenvalue weighted by molar-refractivity contribution is 0.204. The average molecular weight is 198 g/mol. The molecule has 0 heterocycles. The van der Waals surface area contributed by atoms with Crippen LogP contribution >= 0.6 is 0 Å². The summed E-state index contributed by atoms with van der Waals surface area (Å²) in [6.45, 7) is 16.6. The Morgan fingerprint density at radius 3 is 1.64 bits per heavy atom. The minimum absolute atomic E-state index is 0.528. The second-order valence-electron chi connectivity index (χ2n) is 6.78. The lowest BCUT2D eigenvalue weighted by Gasteiger charge is -2.31. The van der Waals surface area contributed by atoms with Crippen LogP contribution in [-0.2, 0) is 0 Å². The summed E-state index contributed by atoms with van der Waals surface area (Å²) < 4.78 is 0. The van der Waals surface area contributed by atoms with Gasteiger partial charge in [-0.3, -0.25) is 0 Å². The molecule has 0 N–H and O–H groups in total. The van der Waals surface area contributed by atoms with Gasteiger partial charge in [-0.25, -0.2) is 0 Å². The second-order valence-corrected chi connectivity index (χ2v) is 6.78. The monoisotopic (exact) mass is 198 g/mol. The fourth-order valence-corrected chi connectivity index (χ4v) is 2.06. The van der Waals surface area contributed by atoms with Crippen LogP contribution in [0.15, 0.2) is 0 Å². The summed E-state index contributed by atoms with van der Waals surface area (Å²) in [4.78, 5) is 0. The highest BCUT2D eigenvalue weighted by molar-refractivity contribution is 4.75. The highest BCUT2D eigenvalue weighted by atomic mass is 14.3. The maximum Gasteiger partial charge on any atom is -0.0352 e. The van der Waals surface area contributed by atoms with Crippen molar-refractivity contribution in [2.75, 3.05) is 0 Å². The van der Waals surface area contributed by atoms with Gasteiger partial charge in [0, 0.05) is 0 Å². The van der Waals surface area contributed by atoms with E-state index in [9.17, 15) is 0 Å². The Morgan fingerprint density at radius 1 is 0.857 bits per heavy atom. The van der Waals surface area contributed by atoms with E-state index in [-0.39, 0.29) is 0 Å². The topological polar surface area (TPSA) is 0 Å². The van der Waals surface area contributed by atoms with Gasteiger partial charge in [-0.15, -0.1) is 0 Å².